The van der Waals surface area contributed by atoms with Crippen LogP contribution in [0.3, 0.4) is 0 Å². The van der Waals surface area contributed by atoms with Crippen molar-refractivity contribution < 1.29 is 0 Å². The van der Waals surface area contributed by atoms with Gasteiger partial charge in [-0.1, -0.05) is 35.9 Å². The average Bonchev–Trinajstić information content (AvgIpc) is 2.80. The number of benzene rings is 2. The zero-order chi connectivity index (χ0) is 14.1. The summed E-state index contributed by atoms with van der Waals surface area (Å²) in [7, 11) is 0. The second-order valence-electron chi connectivity index (χ2n) is 5.65. The van der Waals surface area contributed by atoms with Crippen LogP contribution in [-0.4, -0.2) is 9.97 Å². The number of hydrogen-bond donors (Lipinski definition) is 1. The number of nitrogens with one attached hydrogen (secondary N) is 1. The molecule has 0 aliphatic heterocycles. The first-order chi connectivity index (χ1) is 9.61. The summed E-state index contributed by atoms with van der Waals surface area (Å²) in [5, 5.41) is 0. The van der Waals surface area contributed by atoms with Crippen molar-refractivity contribution in [1.29, 1.82) is 0 Å². The number of hydrogen-bond acceptors (Lipinski definition) is 1. The van der Waals surface area contributed by atoms with Crippen LogP contribution in [-0.2, 0) is 12.8 Å². The van der Waals surface area contributed by atoms with Crippen molar-refractivity contribution in [3.63, 3.8) is 0 Å². The first kappa shape index (κ1) is 12.9. The number of aromatic nitrogens is 2. The highest BCUT2D eigenvalue weighted by Gasteiger charge is 2.06. The Morgan fingerprint density at radius 1 is 0.950 bits per heavy atom. The standard InChI is InChI=1S/C18H20N2/c1-12-5-4-6-15(10-12)7-8-17-19-16-11-13(2)9-14(3)18(16)20-17/h4-6,9-11H,7-8H2,1-3H3,(H,19,20). The SMILES string of the molecule is Cc1cccc(CCc2nc3c(C)cc(C)cc3[nH]2)c1. The van der Waals surface area contributed by atoms with Crippen molar-refractivity contribution in [1.82, 2.24) is 9.97 Å². The van der Waals surface area contributed by atoms with Gasteiger partial charge in [-0.25, -0.2) is 4.98 Å². The predicted molar refractivity (Wildman–Crippen MR) is 84.2 cm³/mol. The minimum absolute atomic E-state index is 0.955. The second-order valence-corrected chi connectivity index (χ2v) is 5.65. The largest absolute Gasteiger partial charge is 0.342 e. The Kier molecular flexibility index (Phi) is 3.31. The fourth-order valence-electron chi connectivity index (χ4n) is 2.77. The molecule has 0 aliphatic carbocycles. The van der Waals surface area contributed by atoms with Crippen molar-refractivity contribution in [3.05, 3.63) is 64.5 Å². The Morgan fingerprint density at radius 3 is 2.60 bits per heavy atom. The maximum absolute atomic E-state index is 4.74. The molecule has 2 aromatic carbocycles. The Morgan fingerprint density at radius 2 is 1.80 bits per heavy atom. The van der Waals surface area contributed by atoms with Crippen molar-refractivity contribution >= 4 is 11.0 Å². The molecule has 0 radical (unpaired) electrons. The minimum atomic E-state index is 0.955. The number of aromatic amines is 1. The van der Waals surface area contributed by atoms with E-state index in [1.807, 2.05) is 0 Å². The zero-order valence-corrected chi connectivity index (χ0v) is 12.3. The van der Waals surface area contributed by atoms with Crippen LogP contribution in [0.5, 0.6) is 0 Å². The molecule has 0 saturated heterocycles. The van der Waals surface area contributed by atoms with Gasteiger partial charge in [-0.05, 0) is 49.9 Å². The Bertz CT molecular complexity index is 753. The van der Waals surface area contributed by atoms with Gasteiger partial charge in [0.15, 0.2) is 0 Å². The molecule has 0 saturated carbocycles. The van der Waals surface area contributed by atoms with E-state index in [0.717, 1.165) is 29.7 Å². The van der Waals surface area contributed by atoms with Crippen LogP contribution in [0.25, 0.3) is 11.0 Å². The minimum Gasteiger partial charge on any atom is -0.342 e. The van der Waals surface area contributed by atoms with E-state index in [-0.39, 0.29) is 0 Å². The number of rotatable bonds is 3. The molecule has 3 rings (SSSR count). The number of aryl methyl sites for hydroxylation is 5. The van der Waals surface area contributed by atoms with Crippen molar-refractivity contribution in [3.8, 4) is 0 Å². The third-order valence-corrected chi connectivity index (χ3v) is 3.70. The van der Waals surface area contributed by atoms with E-state index in [1.165, 1.54) is 22.3 Å². The van der Waals surface area contributed by atoms with Gasteiger partial charge >= 0.3 is 0 Å². The molecule has 0 fully saturated rings. The third-order valence-electron chi connectivity index (χ3n) is 3.70. The molecule has 0 spiro atoms. The fourth-order valence-corrected chi connectivity index (χ4v) is 2.77. The summed E-state index contributed by atoms with van der Waals surface area (Å²) in [6, 6.07) is 13.1. The molecule has 2 heteroatoms. The van der Waals surface area contributed by atoms with Gasteiger partial charge in [0.25, 0.3) is 0 Å². The van der Waals surface area contributed by atoms with Crippen LogP contribution in [0.4, 0.5) is 0 Å². The molecule has 0 atom stereocenters. The lowest BCUT2D eigenvalue weighted by molar-refractivity contribution is 0.889. The molecular formula is C18H20N2. The van der Waals surface area contributed by atoms with Gasteiger partial charge in [0.1, 0.15) is 5.82 Å². The first-order valence-corrected chi connectivity index (χ1v) is 7.13. The molecule has 1 heterocycles. The first-order valence-electron chi connectivity index (χ1n) is 7.13. The summed E-state index contributed by atoms with van der Waals surface area (Å²) in [6.07, 6.45) is 1.98. The molecule has 0 unspecified atom stereocenters. The molecule has 1 aromatic heterocycles. The van der Waals surface area contributed by atoms with Crippen molar-refractivity contribution in [2.75, 3.05) is 0 Å². The lowest BCUT2D eigenvalue weighted by Crippen LogP contribution is -1.93. The Hall–Kier alpha value is -2.09. The molecule has 0 amide bonds. The number of fused-ring (bicyclic) bond motifs is 1. The average molecular weight is 264 g/mol. The smallest absolute Gasteiger partial charge is 0.107 e. The highest BCUT2D eigenvalue weighted by molar-refractivity contribution is 5.79. The fraction of sp³-hybridized carbons (Fsp3) is 0.278. The maximum atomic E-state index is 4.74. The van der Waals surface area contributed by atoms with E-state index < -0.39 is 0 Å². The van der Waals surface area contributed by atoms with Crippen molar-refractivity contribution in [2.24, 2.45) is 0 Å². The topological polar surface area (TPSA) is 28.7 Å². The summed E-state index contributed by atoms with van der Waals surface area (Å²) in [5.74, 6) is 1.08. The number of nitrogens with zero attached hydrogens (tertiary/aromatic N) is 1. The van der Waals surface area contributed by atoms with E-state index in [1.54, 1.807) is 0 Å². The summed E-state index contributed by atoms with van der Waals surface area (Å²) in [5.41, 5.74) is 7.48. The Labute approximate surface area is 119 Å². The van der Waals surface area contributed by atoms with E-state index in [4.69, 9.17) is 4.98 Å². The second kappa shape index (κ2) is 5.12. The van der Waals surface area contributed by atoms with Crippen LogP contribution in [0.15, 0.2) is 36.4 Å². The number of imidazole rings is 1. The molecule has 1 N–H and O–H groups in total. The zero-order valence-electron chi connectivity index (χ0n) is 12.3. The molecule has 0 aliphatic rings. The summed E-state index contributed by atoms with van der Waals surface area (Å²) in [4.78, 5) is 8.19. The van der Waals surface area contributed by atoms with E-state index in [0.29, 0.717) is 0 Å². The molecule has 102 valence electrons. The monoisotopic (exact) mass is 264 g/mol. The maximum Gasteiger partial charge on any atom is 0.107 e. The summed E-state index contributed by atoms with van der Waals surface area (Å²) in [6.45, 7) is 6.39. The third kappa shape index (κ3) is 2.60. The molecular weight excluding hydrogens is 244 g/mol. The van der Waals surface area contributed by atoms with Gasteiger partial charge in [0.2, 0.25) is 0 Å². The molecule has 0 bridgehead atoms. The van der Waals surface area contributed by atoms with Crippen LogP contribution in [0, 0.1) is 20.8 Å². The number of H-pyrrole nitrogens is 1. The van der Waals surface area contributed by atoms with Crippen LogP contribution >= 0.6 is 0 Å². The molecule has 2 nitrogen and oxygen atoms in total. The van der Waals surface area contributed by atoms with E-state index in [9.17, 15) is 0 Å². The lowest BCUT2D eigenvalue weighted by atomic mass is 10.1. The van der Waals surface area contributed by atoms with Crippen molar-refractivity contribution in [2.45, 2.75) is 33.6 Å². The van der Waals surface area contributed by atoms with Gasteiger partial charge in [0, 0.05) is 6.42 Å². The lowest BCUT2D eigenvalue weighted by Gasteiger charge is -2.00. The van der Waals surface area contributed by atoms with E-state index >= 15 is 0 Å². The highest BCUT2D eigenvalue weighted by atomic mass is 14.9. The van der Waals surface area contributed by atoms with E-state index in [2.05, 4.69) is 62.2 Å². The van der Waals surface area contributed by atoms with Gasteiger partial charge < -0.3 is 4.98 Å². The van der Waals surface area contributed by atoms with Gasteiger partial charge in [-0.3, -0.25) is 0 Å². The van der Waals surface area contributed by atoms with Crippen LogP contribution in [0.2, 0.25) is 0 Å². The van der Waals surface area contributed by atoms with Gasteiger partial charge in [-0.2, -0.15) is 0 Å². The van der Waals surface area contributed by atoms with Gasteiger partial charge in [0.05, 0.1) is 11.0 Å². The molecule has 3 aromatic rings. The normalized spacial score (nSPS) is 11.2. The highest BCUT2D eigenvalue weighted by Crippen LogP contribution is 2.19. The Balaban J connectivity index is 1.83. The predicted octanol–water partition coefficient (Wildman–Crippen LogP) is 4.27. The summed E-state index contributed by atoms with van der Waals surface area (Å²) < 4.78 is 0. The quantitative estimate of drug-likeness (QED) is 0.751. The van der Waals surface area contributed by atoms with Crippen LogP contribution in [0.1, 0.15) is 28.1 Å². The van der Waals surface area contributed by atoms with Crippen LogP contribution < -0.4 is 0 Å². The summed E-state index contributed by atoms with van der Waals surface area (Å²) >= 11 is 0. The molecule has 20 heavy (non-hydrogen) atoms. The van der Waals surface area contributed by atoms with Gasteiger partial charge in [-0.15, -0.1) is 0 Å².